The number of ether oxygens (including phenoxy) is 4. The Morgan fingerprint density at radius 3 is 1.91 bits per heavy atom. The van der Waals surface area contributed by atoms with Gasteiger partial charge in [0.05, 0.1) is 82.9 Å². The summed E-state index contributed by atoms with van der Waals surface area (Å²) in [4.78, 5) is 96.2. The van der Waals surface area contributed by atoms with Crippen molar-refractivity contribution in [1.82, 2.24) is 25.4 Å². The van der Waals surface area contributed by atoms with Crippen LogP contribution in [0.1, 0.15) is 57.3 Å². The second kappa shape index (κ2) is 37.6. The maximum atomic E-state index is 15.2. The molecule has 1 heterocycles. The third kappa shape index (κ3) is 28.5. The number of nitrogens with zero attached hydrogens (tertiary/aromatic N) is 2. The standard InChI is InChI=1S/C50H71F2N7O14S2.C2HF3O2/c1-50(2,3)46(40-24-34(36-25-35(51)10-11-37(36)52)29-58(40)28-33-8-5-4-6-9-33)59(15-7-13-53)44(62)32-74-31-39(49(68)69)57-42(60)12-16-70-18-20-72-22-23-73-21-19-71-17-14-55-43(61)27-56-47(65)41(26-45(63)64)75-30-38(54)48(66)67;3-2(4,5)1(6)7/h4-6,8-11,24-25,29,38-39,41,46H,7,12-23,26-28,30-32,53-54H2,1-3H3,(H,55,61)(H,56,65)(H,57,60)(H,63,64)(H,66,67)(H,68,69);(H,6,7)/t38-,39-,41-,46-;/m0./s1. The predicted molar refractivity (Wildman–Crippen MR) is 292 cm³/mol. The molecule has 82 heavy (non-hydrogen) atoms. The average molecular weight is 1210 g/mol. The Morgan fingerprint density at radius 1 is 0.768 bits per heavy atom. The van der Waals surface area contributed by atoms with E-state index in [9.17, 15) is 56.2 Å². The summed E-state index contributed by atoms with van der Waals surface area (Å²) < 4.78 is 85.0. The van der Waals surface area contributed by atoms with Gasteiger partial charge in [-0.15, -0.1) is 23.5 Å². The molecule has 0 spiro atoms. The lowest BCUT2D eigenvalue weighted by Crippen LogP contribution is -2.45. The number of hydrogen-bond donors (Lipinski definition) is 9. The molecule has 0 aliphatic heterocycles. The van der Waals surface area contributed by atoms with E-state index in [2.05, 4.69) is 16.0 Å². The molecule has 2 aromatic carbocycles. The molecule has 0 fully saturated rings. The molecule has 4 amide bonds. The molecular weight excluding hydrogens is 1140 g/mol. The zero-order valence-corrected chi connectivity index (χ0v) is 47.1. The number of amides is 4. The predicted octanol–water partition coefficient (Wildman–Crippen LogP) is 3.36. The van der Waals surface area contributed by atoms with Crippen LogP contribution in [0.4, 0.5) is 22.0 Å². The molecule has 0 saturated carbocycles. The number of hydrogen-bond acceptors (Lipinski definition) is 16. The van der Waals surface area contributed by atoms with Crippen LogP contribution in [0.25, 0.3) is 11.1 Å². The summed E-state index contributed by atoms with van der Waals surface area (Å²) in [5, 5.41) is 41.2. The Labute approximate surface area is 478 Å². The van der Waals surface area contributed by atoms with Gasteiger partial charge in [-0.1, -0.05) is 51.1 Å². The van der Waals surface area contributed by atoms with Gasteiger partial charge in [-0.05, 0) is 48.2 Å². The van der Waals surface area contributed by atoms with Crippen LogP contribution in [0.5, 0.6) is 0 Å². The first-order chi connectivity index (χ1) is 38.7. The number of carboxylic acids is 4. The number of aromatic nitrogens is 1. The van der Waals surface area contributed by atoms with E-state index in [4.69, 9.17) is 50.5 Å². The number of rotatable bonds is 38. The summed E-state index contributed by atoms with van der Waals surface area (Å²) >= 11 is 1.83. The van der Waals surface area contributed by atoms with Crippen LogP contribution < -0.4 is 27.4 Å². The van der Waals surface area contributed by atoms with E-state index < -0.39 is 101 Å². The molecule has 0 bridgehead atoms. The average Bonchev–Trinajstić information content (AvgIpc) is 3.91. The summed E-state index contributed by atoms with van der Waals surface area (Å²) in [5.41, 5.74) is 12.9. The SMILES string of the molecule is CC(C)(C)[C@H](c1cc(-c2cc(F)ccc2F)cn1Cc1ccccc1)N(CCCN)C(=O)CSC[C@H](NC(=O)CCOCCOCCOCCOCCNC(=O)CNC(=O)[C@H](CC(=O)O)SC[C@H](N)C(=O)O)C(=O)O.O=C(O)C(F)(F)F. The van der Waals surface area contributed by atoms with Gasteiger partial charge < -0.3 is 76.3 Å². The van der Waals surface area contributed by atoms with Gasteiger partial charge in [0.2, 0.25) is 23.6 Å². The smallest absolute Gasteiger partial charge is 0.481 e. The normalized spacial score (nSPS) is 12.9. The highest BCUT2D eigenvalue weighted by molar-refractivity contribution is 8.00. The van der Waals surface area contributed by atoms with Crippen LogP contribution in [-0.4, -0.2) is 197 Å². The number of thioether (sulfide) groups is 2. The molecule has 1 aromatic heterocycles. The van der Waals surface area contributed by atoms with Gasteiger partial charge in [-0.3, -0.25) is 28.8 Å². The van der Waals surface area contributed by atoms with Crippen molar-refractivity contribution >= 4 is 71.0 Å². The number of carboxylic acid groups (broad SMARTS) is 4. The number of carbonyl (C=O) groups is 8. The molecule has 0 saturated heterocycles. The van der Waals surface area contributed by atoms with Crippen molar-refractivity contribution in [3.8, 4) is 11.1 Å². The minimum Gasteiger partial charge on any atom is -0.481 e. The van der Waals surface area contributed by atoms with Crippen molar-refractivity contribution in [2.45, 2.75) is 76.1 Å². The lowest BCUT2D eigenvalue weighted by atomic mass is 9.83. The number of carbonyl (C=O) groups excluding carboxylic acids is 4. The molecule has 458 valence electrons. The molecule has 3 rings (SSSR count). The van der Waals surface area contributed by atoms with Crippen molar-refractivity contribution in [2.24, 2.45) is 16.9 Å². The fourth-order valence-electron chi connectivity index (χ4n) is 7.27. The monoisotopic (exact) mass is 1210 g/mol. The van der Waals surface area contributed by atoms with Gasteiger partial charge in [0, 0.05) is 60.6 Å². The Kier molecular flexibility index (Phi) is 32.9. The van der Waals surface area contributed by atoms with Crippen LogP contribution in [0.2, 0.25) is 0 Å². The van der Waals surface area contributed by atoms with Crippen molar-refractivity contribution in [3.63, 3.8) is 0 Å². The molecular formula is C52H72F5N7O16S2. The number of benzene rings is 2. The molecule has 0 unspecified atom stereocenters. The molecule has 4 atom stereocenters. The Hall–Kier alpha value is -6.41. The molecule has 23 nitrogen and oxygen atoms in total. The first-order valence-electron chi connectivity index (χ1n) is 25.4. The maximum absolute atomic E-state index is 15.2. The van der Waals surface area contributed by atoms with Crippen LogP contribution in [0, 0.1) is 17.0 Å². The van der Waals surface area contributed by atoms with Crippen molar-refractivity contribution in [2.75, 3.05) is 96.3 Å². The molecule has 3 aromatic rings. The summed E-state index contributed by atoms with van der Waals surface area (Å²) in [6.45, 7) is 8.03. The number of aliphatic carboxylic acids is 4. The van der Waals surface area contributed by atoms with Gasteiger partial charge in [0.1, 0.15) is 23.7 Å². The Morgan fingerprint density at radius 2 is 1.37 bits per heavy atom. The lowest BCUT2D eigenvalue weighted by molar-refractivity contribution is -0.192. The lowest BCUT2D eigenvalue weighted by Gasteiger charge is -2.41. The van der Waals surface area contributed by atoms with E-state index in [1.165, 1.54) is 0 Å². The minimum absolute atomic E-state index is 0.00185. The number of alkyl halides is 3. The molecule has 0 radical (unpaired) electrons. The van der Waals surface area contributed by atoms with E-state index in [-0.39, 0.29) is 101 Å². The number of nitrogens with one attached hydrogen (secondary N) is 3. The first kappa shape index (κ1) is 71.7. The second-order valence-corrected chi connectivity index (χ2v) is 21.1. The van der Waals surface area contributed by atoms with E-state index in [0.29, 0.717) is 30.8 Å². The third-order valence-corrected chi connectivity index (χ3v) is 13.5. The van der Waals surface area contributed by atoms with Crippen molar-refractivity contribution < 1.29 is 99.7 Å². The van der Waals surface area contributed by atoms with Gasteiger partial charge in [-0.25, -0.2) is 18.4 Å². The van der Waals surface area contributed by atoms with Crippen molar-refractivity contribution in [3.05, 3.63) is 83.7 Å². The fourth-order valence-corrected chi connectivity index (χ4v) is 9.27. The second-order valence-electron chi connectivity index (χ2n) is 18.8. The van der Waals surface area contributed by atoms with Crippen LogP contribution in [-0.2, 0) is 63.8 Å². The largest absolute Gasteiger partial charge is 0.490 e. The highest BCUT2D eigenvalue weighted by atomic mass is 32.2. The summed E-state index contributed by atoms with van der Waals surface area (Å²) in [7, 11) is 0. The van der Waals surface area contributed by atoms with Gasteiger partial charge >= 0.3 is 30.1 Å². The summed E-state index contributed by atoms with van der Waals surface area (Å²) in [6.07, 6.45) is -3.57. The summed E-state index contributed by atoms with van der Waals surface area (Å²) in [6, 6.07) is 11.5. The van der Waals surface area contributed by atoms with E-state index in [1.54, 1.807) is 17.2 Å². The van der Waals surface area contributed by atoms with Gasteiger partial charge in [0.25, 0.3) is 0 Å². The maximum Gasteiger partial charge on any atom is 0.490 e. The van der Waals surface area contributed by atoms with Crippen LogP contribution >= 0.6 is 23.5 Å². The molecule has 0 aliphatic carbocycles. The van der Waals surface area contributed by atoms with E-state index >= 15 is 4.39 Å². The Bertz CT molecular complexity index is 2510. The highest BCUT2D eigenvalue weighted by Gasteiger charge is 2.39. The fraction of sp³-hybridized carbons (Fsp3) is 0.538. The Balaban J connectivity index is 0.00000307. The van der Waals surface area contributed by atoms with E-state index in [1.807, 2.05) is 55.7 Å². The molecule has 30 heteroatoms. The van der Waals surface area contributed by atoms with Crippen molar-refractivity contribution in [1.29, 1.82) is 0 Å². The zero-order chi connectivity index (χ0) is 61.4. The highest BCUT2D eigenvalue weighted by Crippen LogP contribution is 2.41. The zero-order valence-electron chi connectivity index (χ0n) is 45.5. The molecule has 0 aliphatic rings. The topological polar surface area (TPSA) is 351 Å². The molecule has 11 N–H and O–H groups in total. The van der Waals surface area contributed by atoms with Crippen LogP contribution in [0.3, 0.4) is 0 Å². The van der Waals surface area contributed by atoms with Gasteiger partial charge in [0.15, 0.2) is 0 Å². The first-order valence-corrected chi connectivity index (χ1v) is 27.6. The minimum atomic E-state index is -5.08. The number of nitrogens with two attached hydrogens (primary N) is 2. The van der Waals surface area contributed by atoms with Gasteiger partial charge in [-0.2, -0.15) is 13.2 Å². The van der Waals surface area contributed by atoms with E-state index in [0.717, 1.165) is 47.3 Å². The quantitative estimate of drug-likeness (QED) is 0.0293. The summed E-state index contributed by atoms with van der Waals surface area (Å²) in [5.74, 6) is -10.3. The third-order valence-electron chi connectivity index (χ3n) is 11.1. The van der Waals surface area contributed by atoms with Crippen LogP contribution in [0.15, 0.2) is 60.8 Å². The number of halogens is 5.